The number of para-hydroxylation sites is 1. The molecule has 0 radical (unpaired) electrons. The molecule has 1 aromatic heterocycles. The van der Waals surface area contributed by atoms with Crippen molar-refractivity contribution in [2.24, 2.45) is 0 Å². The Labute approximate surface area is 116 Å². The van der Waals surface area contributed by atoms with Gasteiger partial charge in [-0.3, -0.25) is 4.79 Å². The molecule has 0 unspecified atom stereocenters. The monoisotopic (exact) mass is 270 g/mol. The largest absolute Gasteiger partial charge is 0.492 e. The lowest BCUT2D eigenvalue weighted by Gasteiger charge is -2.08. The zero-order valence-corrected chi connectivity index (χ0v) is 11.5. The number of thiophene rings is 1. The highest BCUT2D eigenvalue weighted by molar-refractivity contribution is 7.08. The van der Waals surface area contributed by atoms with Crippen LogP contribution in [0.4, 0.5) is 0 Å². The van der Waals surface area contributed by atoms with Crippen LogP contribution < -0.4 is 4.74 Å². The van der Waals surface area contributed by atoms with Crippen molar-refractivity contribution in [2.45, 2.75) is 13.3 Å². The van der Waals surface area contributed by atoms with Gasteiger partial charge in [0, 0.05) is 12.0 Å². The van der Waals surface area contributed by atoms with E-state index in [2.05, 4.69) is 0 Å². The van der Waals surface area contributed by atoms with E-state index >= 15 is 0 Å². The van der Waals surface area contributed by atoms with Gasteiger partial charge in [0.2, 0.25) is 0 Å². The van der Waals surface area contributed by atoms with Gasteiger partial charge in [0.05, 0.1) is 12.2 Å². The molecule has 19 heavy (non-hydrogen) atoms. The minimum absolute atomic E-state index is 0.0856. The Morgan fingerprint density at radius 2 is 2.21 bits per heavy atom. The van der Waals surface area contributed by atoms with Crippen LogP contribution >= 0.6 is 11.3 Å². The summed E-state index contributed by atoms with van der Waals surface area (Å²) in [6.07, 6.45) is 2.63. The summed E-state index contributed by atoms with van der Waals surface area (Å²) in [5.74, 6) is 0.823. The molecule has 1 aromatic carbocycles. The molecular formula is C16H14O2S. The topological polar surface area (TPSA) is 26.3 Å². The molecule has 0 bridgehead atoms. The zero-order chi connectivity index (χ0) is 13.2. The molecule has 96 valence electrons. The van der Waals surface area contributed by atoms with Gasteiger partial charge in [0.25, 0.3) is 0 Å². The number of hydrogen-bond acceptors (Lipinski definition) is 3. The van der Waals surface area contributed by atoms with Gasteiger partial charge in [-0.15, -0.1) is 0 Å². The molecule has 0 saturated carbocycles. The maximum atomic E-state index is 12.6. The lowest BCUT2D eigenvalue weighted by molar-refractivity contribution is 0.103. The van der Waals surface area contributed by atoms with Gasteiger partial charge in [-0.25, -0.2) is 0 Å². The molecule has 0 saturated heterocycles. The van der Waals surface area contributed by atoms with E-state index in [9.17, 15) is 4.79 Å². The first-order valence-corrected chi connectivity index (χ1v) is 7.20. The second-order valence-electron chi connectivity index (χ2n) is 4.61. The predicted octanol–water partition coefficient (Wildman–Crippen LogP) is 4.11. The second kappa shape index (κ2) is 5.02. The predicted molar refractivity (Wildman–Crippen MR) is 77.9 cm³/mol. The molecular weight excluding hydrogens is 256 g/mol. The molecule has 2 heterocycles. The number of hydrogen-bond donors (Lipinski definition) is 0. The fourth-order valence-corrected chi connectivity index (χ4v) is 2.89. The van der Waals surface area contributed by atoms with Gasteiger partial charge >= 0.3 is 0 Å². The highest BCUT2D eigenvalue weighted by atomic mass is 32.1. The highest BCUT2D eigenvalue weighted by Gasteiger charge is 2.22. The summed E-state index contributed by atoms with van der Waals surface area (Å²) in [5.41, 5.74) is 3.61. The van der Waals surface area contributed by atoms with Gasteiger partial charge in [0.15, 0.2) is 5.78 Å². The number of fused-ring (bicyclic) bond motifs is 1. The SMILES string of the molecule is Cc1cccc2c1OCC/C(=C/c1ccsc1)C2=O. The number of Topliss-reactive ketones (excluding diaryl/α,β-unsaturated/α-hetero) is 1. The molecule has 0 N–H and O–H groups in total. The molecule has 1 aliphatic rings. The molecule has 0 aliphatic carbocycles. The van der Waals surface area contributed by atoms with Crippen LogP contribution in [0.5, 0.6) is 5.75 Å². The Kier molecular flexibility index (Phi) is 3.22. The third kappa shape index (κ3) is 2.34. The normalized spacial score (nSPS) is 16.9. The Morgan fingerprint density at radius 3 is 3.00 bits per heavy atom. The molecule has 2 nitrogen and oxygen atoms in total. The first-order chi connectivity index (χ1) is 9.25. The van der Waals surface area contributed by atoms with Crippen molar-refractivity contribution in [1.82, 2.24) is 0 Å². The molecule has 0 spiro atoms. The molecule has 0 amide bonds. The summed E-state index contributed by atoms with van der Waals surface area (Å²) in [5, 5.41) is 4.06. The third-order valence-corrected chi connectivity index (χ3v) is 3.95. The number of carbonyl (C=O) groups excluding carboxylic acids is 1. The average Bonchev–Trinajstić information content (AvgIpc) is 2.85. The maximum Gasteiger partial charge on any atom is 0.192 e. The fourth-order valence-electron chi connectivity index (χ4n) is 2.27. The Morgan fingerprint density at radius 1 is 1.32 bits per heavy atom. The van der Waals surface area contributed by atoms with Gasteiger partial charge in [-0.1, -0.05) is 12.1 Å². The van der Waals surface area contributed by atoms with Crippen LogP contribution in [0.25, 0.3) is 6.08 Å². The van der Waals surface area contributed by atoms with Crippen LogP contribution in [0.15, 0.2) is 40.6 Å². The number of rotatable bonds is 1. The highest BCUT2D eigenvalue weighted by Crippen LogP contribution is 2.30. The van der Waals surface area contributed by atoms with Crippen LogP contribution in [0.2, 0.25) is 0 Å². The van der Waals surface area contributed by atoms with Crippen LogP contribution in [-0.2, 0) is 0 Å². The van der Waals surface area contributed by atoms with E-state index in [-0.39, 0.29) is 5.78 Å². The standard InChI is InChI=1S/C16H14O2S/c1-11-3-2-4-14-15(17)13(5-7-18-16(11)14)9-12-6-8-19-10-12/h2-4,6,8-10H,5,7H2,1H3/b13-9-. The zero-order valence-electron chi connectivity index (χ0n) is 10.7. The van der Waals surface area contributed by atoms with Crippen molar-refractivity contribution >= 4 is 23.2 Å². The minimum atomic E-state index is 0.0856. The second-order valence-corrected chi connectivity index (χ2v) is 5.39. The van der Waals surface area contributed by atoms with Crippen LogP contribution in [0.3, 0.4) is 0 Å². The number of benzene rings is 1. The van der Waals surface area contributed by atoms with Crippen LogP contribution in [0.1, 0.15) is 27.9 Å². The summed E-state index contributed by atoms with van der Waals surface area (Å²) in [7, 11) is 0. The van der Waals surface area contributed by atoms with E-state index in [1.165, 1.54) is 0 Å². The molecule has 2 aromatic rings. The van der Waals surface area contributed by atoms with Crippen molar-refractivity contribution in [2.75, 3.05) is 6.61 Å². The molecule has 1 aliphatic heterocycles. The Bertz CT molecular complexity index is 639. The maximum absolute atomic E-state index is 12.6. The summed E-state index contributed by atoms with van der Waals surface area (Å²) in [6.45, 7) is 2.53. The first-order valence-electron chi connectivity index (χ1n) is 6.25. The lowest BCUT2D eigenvalue weighted by atomic mass is 9.98. The first kappa shape index (κ1) is 12.2. The summed E-state index contributed by atoms with van der Waals surface area (Å²) < 4.78 is 5.74. The van der Waals surface area contributed by atoms with E-state index in [0.717, 1.165) is 22.4 Å². The van der Waals surface area contributed by atoms with Crippen molar-refractivity contribution < 1.29 is 9.53 Å². The van der Waals surface area contributed by atoms with Crippen molar-refractivity contribution in [3.8, 4) is 5.75 Å². The van der Waals surface area contributed by atoms with Crippen molar-refractivity contribution in [3.63, 3.8) is 0 Å². The number of ether oxygens (including phenoxy) is 1. The quantitative estimate of drug-likeness (QED) is 0.729. The van der Waals surface area contributed by atoms with Gasteiger partial charge in [-0.2, -0.15) is 11.3 Å². The lowest BCUT2D eigenvalue weighted by Crippen LogP contribution is -2.02. The van der Waals surface area contributed by atoms with Crippen molar-refractivity contribution in [3.05, 3.63) is 57.3 Å². The Hall–Kier alpha value is -1.87. The van der Waals surface area contributed by atoms with Crippen LogP contribution in [-0.4, -0.2) is 12.4 Å². The molecule has 0 fully saturated rings. The van der Waals surface area contributed by atoms with E-state index in [4.69, 9.17) is 4.74 Å². The van der Waals surface area contributed by atoms with Crippen molar-refractivity contribution in [1.29, 1.82) is 0 Å². The van der Waals surface area contributed by atoms with E-state index < -0.39 is 0 Å². The number of aryl methyl sites for hydroxylation is 1. The number of ketones is 1. The van der Waals surface area contributed by atoms with E-state index in [0.29, 0.717) is 18.6 Å². The van der Waals surface area contributed by atoms with E-state index in [1.54, 1.807) is 11.3 Å². The molecule has 3 rings (SSSR count). The Balaban J connectivity index is 2.05. The third-order valence-electron chi connectivity index (χ3n) is 3.25. The minimum Gasteiger partial charge on any atom is -0.492 e. The fraction of sp³-hybridized carbons (Fsp3) is 0.188. The van der Waals surface area contributed by atoms with Gasteiger partial charge in [0.1, 0.15) is 5.75 Å². The van der Waals surface area contributed by atoms with Gasteiger partial charge in [-0.05, 0) is 47.0 Å². The molecule has 0 atom stereocenters. The summed E-state index contributed by atoms with van der Waals surface area (Å²) in [6, 6.07) is 7.74. The van der Waals surface area contributed by atoms with E-state index in [1.807, 2.05) is 48.0 Å². The summed E-state index contributed by atoms with van der Waals surface area (Å²) in [4.78, 5) is 12.6. The van der Waals surface area contributed by atoms with Crippen LogP contribution in [0, 0.1) is 6.92 Å². The molecule has 3 heteroatoms. The number of carbonyl (C=O) groups is 1. The average molecular weight is 270 g/mol. The smallest absolute Gasteiger partial charge is 0.192 e. The van der Waals surface area contributed by atoms with Gasteiger partial charge < -0.3 is 4.74 Å². The summed E-state index contributed by atoms with van der Waals surface area (Å²) >= 11 is 1.64.